The van der Waals surface area contributed by atoms with Crippen molar-refractivity contribution in [1.82, 2.24) is 4.90 Å². The first-order chi connectivity index (χ1) is 11.1. The Labute approximate surface area is 137 Å². The van der Waals surface area contributed by atoms with E-state index in [0.29, 0.717) is 11.8 Å². The summed E-state index contributed by atoms with van der Waals surface area (Å²) in [5.74, 6) is 0.0222. The minimum absolute atomic E-state index is 0.0969. The van der Waals surface area contributed by atoms with Gasteiger partial charge in [-0.1, -0.05) is 54.6 Å². The molecule has 0 aliphatic heterocycles. The highest BCUT2D eigenvalue weighted by Gasteiger charge is 2.31. The van der Waals surface area contributed by atoms with Crippen LogP contribution < -0.4 is 0 Å². The molecule has 120 valence electrons. The molecule has 3 heteroatoms. The molecule has 23 heavy (non-hydrogen) atoms. The maximum atomic E-state index is 11.0. The van der Waals surface area contributed by atoms with Crippen LogP contribution in [-0.2, 0) is 11.2 Å². The van der Waals surface area contributed by atoms with Gasteiger partial charge in [0.2, 0.25) is 0 Å². The number of aryl methyl sites for hydroxylation is 1. The molecule has 1 aliphatic carbocycles. The summed E-state index contributed by atoms with van der Waals surface area (Å²) in [5.41, 5.74) is 4.16. The van der Waals surface area contributed by atoms with E-state index in [-0.39, 0.29) is 6.54 Å². The fourth-order valence-electron chi connectivity index (χ4n) is 3.83. The van der Waals surface area contributed by atoms with Crippen molar-refractivity contribution in [3.8, 4) is 0 Å². The van der Waals surface area contributed by atoms with Crippen molar-refractivity contribution in [3.63, 3.8) is 0 Å². The first kappa shape index (κ1) is 15.8. The molecule has 0 saturated heterocycles. The normalized spacial score (nSPS) is 20.3. The third-order valence-corrected chi connectivity index (χ3v) is 4.76. The molecule has 0 fully saturated rings. The highest BCUT2D eigenvalue weighted by Crippen LogP contribution is 2.41. The second-order valence-corrected chi connectivity index (χ2v) is 6.48. The number of hydrogen-bond acceptors (Lipinski definition) is 2. The van der Waals surface area contributed by atoms with Gasteiger partial charge >= 0.3 is 5.97 Å². The summed E-state index contributed by atoms with van der Waals surface area (Å²) in [6, 6.07) is 19.3. The molecule has 0 bridgehead atoms. The van der Waals surface area contributed by atoms with E-state index in [9.17, 15) is 4.79 Å². The van der Waals surface area contributed by atoms with Crippen molar-refractivity contribution in [1.29, 1.82) is 0 Å². The van der Waals surface area contributed by atoms with Crippen molar-refractivity contribution in [2.75, 3.05) is 20.1 Å². The molecule has 1 aliphatic rings. The summed E-state index contributed by atoms with van der Waals surface area (Å²) in [4.78, 5) is 12.9. The molecule has 1 N–H and O–H groups in total. The zero-order valence-electron chi connectivity index (χ0n) is 13.5. The average molecular weight is 309 g/mol. The van der Waals surface area contributed by atoms with Crippen molar-refractivity contribution in [2.24, 2.45) is 5.92 Å². The van der Waals surface area contributed by atoms with Gasteiger partial charge in [0.15, 0.2) is 0 Å². The average Bonchev–Trinajstić information content (AvgIpc) is 2.54. The largest absolute Gasteiger partial charge is 0.480 e. The molecule has 0 heterocycles. The molecule has 0 aromatic heterocycles. The van der Waals surface area contributed by atoms with Gasteiger partial charge in [-0.2, -0.15) is 0 Å². The van der Waals surface area contributed by atoms with Gasteiger partial charge in [0.1, 0.15) is 0 Å². The van der Waals surface area contributed by atoms with E-state index in [1.54, 1.807) is 0 Å². The first-order valence-corrected chi connectivity index (χ1v) is 8.18. The molecular formula is C20H23NO2. The van der Waals surface area contributed by atoms with E-state index in [1.807, 2.05) is 18.0 Å². The molecule has 0 radical (unpaired) electrons. The third kappa shape index (κ3) is 3.62. The van der Waals surface area contributed by atoms with E-state index >= 15 is 0 Å². The standard InChI is InChI=1S/C20H23NO2/c1-21(14-19(22)23)13-17-12-11-15-7-5-6-10-18(15)20(17)16-8-3-2-4-9-16/h2-10,17,20H,11-14H2,1H3,(H,22,23)/t17-,20+/m1/s1. The van der Waals surface area contributed by atoms with E-state index in [4.69, 9.17) is 5.11 Å². The fraction of sp³-hybridized carbons (Fsp3) is 0.350. The quantitative estimate of drug-likeness (QED) is 0.920. The van der Waals surface area contributed by atoms with Crippen LogP contribution in [-0.4, -0.2) is 36.1 Å². The second-order valence-electron chi connectivity index (χ2n) is 6.48. The molecule has 0 unspecified atom stereocenters. The van der Waals surface area contributed by atoms with Gasteiger partial charge in [0.05, 0.1) is 6.54 Å². The maximum Gasteiger partial charge on any atom is 0.317 e. The van der Waals surface area contributed by atoms with Crippen molar-refractivity contribution in [3.05, 3.63) is 71.3 Å². The van der Waals surface area contributed by atoms with Gasteiger partial charge < -0.3 is 5.11 Å². The van der Waals surface area contributed by atoms with Gasteiger partial charge in [-0.05, 0) is 42.5 Å². The molecule has 3 rings (SSSR count). The number of rotatable bonds is 5. The molecule has 2 aromatic carbocycles. The van der Waals surface area contributed by atoms with Crippen LogP contribution >= 0.6 is 0 Å². The molecule has 0 spiro atoms. The van der Waals surface area contributed by atoms with E-state index in [1.165, 1.54) is 16.7 Å². The number of carboxylic acid groups (broad SMARTS) is 1. The van der Waals surface area contributed by atoms with Crippen molar-refractivity contribution < 1.29 is 9.90 Å². The molecule has 0 amide bonds. The lowest BCUT2D eigenvalue weighted by Gasteiger charge is -2.36. The lowest BCUT2D eigenvalue weighted by molar-refractivity contribution is -0.138. The SMILES string of the molecule is CN(CC(=O)O)C[C@H]1CCc2ccccc2[C@H]1c1ccccc1. The molecular weight excluding hydrogens is 286 g/mol. The molecule has 0 saturated carbocycles. The zero-order chi connectivity index (χ0) is 16.2. The van der Waals surface area contributed by atoms with Crippen LogP contribution in [0.1, 0.15) is 29.0 Å². The number of fused-ring (bicyclic) bond motifs is 1. The first-order valence-electron chi connectivity index (χ1n) is 8.18. The number of aliphatic carboxylic acids is 1. The number of carbonyl (C=O) groups is 1. The summed E-state index contributed by atoms with van der Waals surface area (Å²) < 4.78 is 0. The number of nitrogens with zero attached hydrogens (tertiary/aromatic N) is 1. The maximum absolute atomic E-state index is 11.0. The van der Waals surface area contributed by atoms with E-state index < -0.39 is 5.97 Å². The number of benzene rings is 2. The fourth-order valence-corrected chi connectivity index (χ4v) is 3.83. The Bertz CT molecular complexity index is 668. The number of hydrogen-bond donors (Lipinski definition) is 1. The third-order valence-electron chi connectivity index (χ3n) is 4.76. The predicted octanol–water partition coefficient (Wildman–Crippen LogP) is 3.40. The van der Waals surface area contributed by atoms with Crippen LogP contribution in [0.4, 0.5) is 0 Å². The number of likely N-dealkylation sites (N-methyl/N-ethyl adjacent to an activating group) is 1. The van der Waals surface area contributed by atoms with Crippen LogP contribution in [0, 0.1) is 5.92 Å². The Morgan fingerprint density at radius 3 is 2.57 bits per heavy atom. The lowest BCUT2D eigenvalue weighted by atomic mass is 9.71. The van der Waals surface area contributed by atoms with Gasteiger partial charge in [-0.3, -0.25) is 9.69 Å². The lowest BCUT2D eigenvalue weighted by Crippen LogP contribution is -2.35. The Kier molecular flexibility index (Phi) is 4.77. The highest BCUT2D eigenvalue weighted by atomic mass is 16.4. The minimum atomic E-state index is -0.764. The second kappa shape index (κ2) is 6.97. The van der Waals surface area contributed by atoms with Crippen molar-refractivity contribution >= 4 is 5.97 Å². The predicted molar refractivity (Wildman–Crippen MR) is 91.7 cm³/mol. The van der Waals surface area contributed by atoms with Gasteiger partial charge in [-0.25, -0.2) is 0 Å². The van der Waals surface area contributed by atoms with Gasteiger partial charge in [0, 0.05) is 12.5 Å². The zero-order valence-corrected chi connectivity index (χ0v) is 13.5. The van der Waals surface area contributed by atoms with Crippen LogP contribution in [0.5, 0.6) is 0 Å². The van der Waals surface area contributed by atoms with E-state index in [2.05, 4.69) is 48.5 Å². The molecule has 3 nitrogen and oxygen atoms in total. The topological polar surface area (TPSA) is 40.5 Å². The summed E-state index contributed by atoms with van der Waals surface area (Å²) in [6.07, 6.45) is 2.17. The Morgan fingerprint density at radius 1 is 1.13 bits per heavy atom. The minimum Gasteiger partial charge on any atom is -0.480 e. The Morgan fingerprint density at radius 2 is 1.83 bits per heavy atom. The van der Waals surface area contributed by atoms with Crippen LogP contribution in [0.3, 0.4) is 0 Å². The monoisotopic (exact) mass is 309 g/mol. The van der Waals surface area contributed by atoms with Crippen LogP contribution in [0.2, 0.25) is 0 Å². The molecule has 2 aromatic rings. The Balaban J connectivity index is 1.91. The summed E-state index contributed by atoms with van der Waals surface area (Å²) >= 11 is 0. The Hall–Kier alpha value is -2.13. The van der Waals surface area contributed by atoms with Crippen LogP contribution in [0.25, 0.3) is 0 Å². The van der Waals surface area contributed by atoms with E-state index in [0.717, 1.165) is 19.4 Å². The van der Waals surface area contributed by atoms with Crippen LogP contribution in [0.15, 0.2) is 54.6 Å². The van der Waals surface area contributed by atoms with Gasteiger partial charge in [-0.15, -0.1) is 0 Å². The molecule has 2 atom stereocenters. The summed E-state index contributed by atoms with van der Waals surface area (Å²) in [5, 5.41) is 9.01. The highest BCUT2D eigenvalue weighted by molar-refractivity contribution is 5.69. The van der Waals surface area contributed by atoms with Crippen molar-refractivity contribution in [2.45, 2.75) is 18.8 Å². The smallest absolute Gasteiger partial charge is 0.317 e. The summed E-state index contributed by atoms with van der Waals surface area (Å²) in [6.45, 7) is 0.903. The number of carboxylic acids is 1. The summed E-state index contributed by atoms with van der Waals surface area (Å²) in [7, 11) is 1.90. The van der Waals surface area contributed by atoms with Gasteiger partial charge in [0.25, 0.3) is 0 Å².